The lowest BCUT2D eigenvalue weighted by molar-refractivity contribution is 0.0285. The highest BCUT2D eigenvalue weighted by molar-refractivity contribution is 5.68. The monoisotopic (exact) mass is 307 g/mol. The molecule has 0 aliphatic carbocycles. The van der Waals surface area contributed by atoms with E-state index in [1.165, 1.54) is 0 Å². The Kier molecular flexibility index (Phi) is 5.16. The smallest absolute Gasteiger partial charge is 0.410 e. The van der Waals surface area contributed by atoms with Crippen LogP contribution in [-0.2, 0) is 4.74 Å². The number of amides is 1. The molecule has 0 radical (unpaired) electrons. The SMILES string of the molecule is COc1ccc(OC[C@H]2CCN(C(=O)OC(C)(C)C)C2)cc1. The van der Waals surface area contributed by atoms with E-state index in [9.17, 15) is 4.79 Å². The van der Waals surface area contributed by atoms with Crippen LogP contribution < -0.4 is 9.47 Å². The molecule has 122 valence electrons. The van der Waals surface area contributed by atoms with E-state index in [-0.39, 0.29) is 6.09 Å². The number of rotatable bonds is 4. The molecule has 0 aromatic heterocycles. The van der Waals surface area contributed by atoms with Crippen LogP contribution in [0.25, 0.3) is 0 Å². The maximum Gasteiger partial charge on any atom is 0.410 e. The van der Waals surface area contributed by atoms with Crippen molar-refractivity contribution in [1.29, 1.82) is 0 Å². The van der Waals surface area contributed by atoms with Crippen molar-refractivity contribution >= 4 is 6.09 Å². The molecule has 1 aliphatic heterocycles. The Morgan fingerprint density at radius 1 is 1.23 bits per heavy atom. The van der Waals surface area contributed by atoms with Crippen LogP contribution in [0.4, 0.5) is 4.79 Å². The first-order chi connectivity index (χ1) is 10.4. The number of carbonyl (C=O) groups excluding carboxylic acids is 1. The summed E-state index contributed by atoms with van der Waals surface area (Å²) in [7, 11) is 1.64. The number of hydrogen-bond acceptors (Lipinski definition) is 4. The summed E-state index contributed by atoms with van der Waals surface area (Å²) in [5.74, 6) is 1.97. The summed E-state index contributed by atoms with van der Waals surface area (Å²) in [6.45, 7) is 7.66. The second-order valence-electron chi connectivity index (χ2n) is 6.57. The van der Waals surface area contributed by atoms with Gasteiger partial charge >= 0.3 is 6.09 Å². The van der Waals surface area contributed by atoms with Gasteiger partial charge in [0.25, 0.3) is 0 Å². The Bertz CT molecular complexity index is 492. The first-order valence-electron chi connectivity index (χ1n) is 7.62. The first-order valence-corrected chi connectivity index (χ1v) is 7.62. The second-order valence-corrected chi connectivity index (χ2v) is 6.57. The fourth-order valence-electron chi connectivity index (χ4n) is 2.35. The minimum Gasteiger partial charge on any atom is -0.497 e. The van der Waals surface area contributed by atoms with E-state index >= 15 is 0 Å². The molecular weight excluding hydrogens is 282 g/mol. The molecule has 1 aliphatic rings. The molecule has 1 aromatic carbocycles. The van der Waals surface area contributed by atoms with Gasteiger partial charge in [-0.25, -0.2) is 4.79 Å². The van der Waals surface area contributed by atoms with Crippen molar-refractivity contribution in [2.24, 2.45) is 5.92 Å². The molecule has 0 N–H and O–H groups in total. The zero-order valence-corrected chi connectivity index (χ0v) is 13.8. The van der Waals surface area contributed by atoms with Crippen LogP contribution in [0.3, 0.4) is 0 Å². The highest BCUT2D eigenvalue weighted by Crippen LogP contribution is 2.22. The Balaban J connectivity index is 1.77. The summed E-state index contributed by atoms with van der Waals surface area (Å²) in [6, 6.07) is 7.52. The molecule has 0 unspecified atom stereocenters. The molecule has 1 heterocycles. The third kappa shape index (κ3) is 4.83. The van der Waals surface area contributed by atoms with Crippen LogP contribution in [0.2, 0.25) is 0 Å². The van der Waals surface area contributed by atoms with Gasteiger partial charge < -0.3 is 19.1 Å². The highest BCUT2D eigenvalue weighted by Gasteiger charge is 2.30. The molecule has 0 bridgehead atoms. The maximum atomic E-state index is 12.0. The van der Waals surface area contributed by atoms with Crippen molar-refractivity contribution in [3.63, 3.8) is 0 Å². The summed E-state index contributed by atoms with van der Waals surface area (Å²) in [5.41, 5.74) is -0.450. The van der Waals surface area contributed by atoms with E-state index in [2.05, 4.69) is 0 Å². The van der Waals surface area contributed by atoms with Gasteiger partial charge in [0.05, 0.1) is 13.7 Å². The first kappa shape index (κ1) is 16.5. The van der Waals surface area contributed by atoms with Crippen molar-refractivity contribution in [1.82, 2.24) is 4.90 Å². The molecule has 0 spiro atoms. The van der Waals surface area contributed by atoms with E-state index in [0.717, 1.165) is 24.5 Å². The van der Waals surface area contributed by atoms with Crippen LogP contribution in [0.1, 0.15) is 27.2 Å². The summed E-state index contributed by atoms with van der Waals surface area (Å²) in [5, 5.41) is 0. The van der Waals surface area contributed by atoms with Crippen LogP contribution in [-0.4, -0.2) is 43.4 Å². The third-order valence-corrected chi connectivity index (χ3v) is 3.48. The van der Waals surface area contributed by atoms with Gasteiger partial charge in [0.15, 0.2) is 0 Å². The normalized spacial score (nSPS) is 18.2. The lowest BCUT2D eigenvalue weighted by Crippen LogP contribution is -2.35. The third-order valence-electron chi connectivity index (χ3n) is 3.48. The number of likely N-dealkylation sites (tertiary alicyclic amines) is 1. The standard InChI is InChI=1S/C17H25NO4/c1-17(2,3)22-16(19)18-10-9-13(11-18)12-21-15-7-5-14(20-4)6-8-15/h5-8,13H,9-12H2,1-4H3/t13-/m0/s1. The van der Waals surface area contributed by atoms with Crippen molar-refractivity contribution in [3.05, 3.63) is 24.3 Å². The quantitative estimate of drug-likeness (QED) is 0.856. The average molecular weight is 307 g/mol. The van der Waals surface area contributed by atoms with Gasteiger partial charge in [-0.05, 0) is 51.5 Å². The minimum atomic E-state index is -0.450. The Hall–Kier alpha value is -1.91. The summed E-state index contributed by atoms with van der Waals surface area (Å²) in [6.07, 6.45) is 0.703. The number of nitrogens with zero attached hydrogens (tertiary/aromatic N) is 1. The molecular formula is C17H25NO4. The predicted molar refractivity (Wildman–Crippen MR) is 84.4 cm³/mol. The molecule has 0 saturated carbocycles. The van der Waals surface area contributed by atoms with Crippen molar-refractivity contribution in [2.75, 3.05) is 26.8 Å². The fourth-order valence-corrected chi connectivity index (χ4v) is 2.35. The molecule has 22 heavy (non-hydrogen) atoms. The summed E-state index contributed by atoms with van der Waals surface area (Å²) >= 11 is 0. The maximum absolute atomic E-state index is 12.0. The Morgan fingerprint density at radius 2 is 1.86 bits per heavy atom. The molecule has 1 amide bonds. The Morgan fingerprint density at radius 3 is 2.45 bits per heavy atom. The number of ether oxygens (including phenoxy) is 3. The predicted octanol–water partition coefficient (Wildman–Crippen LogP) is 3.33. The van der Waals surface area contributed by atoms with Gasteiger partial charge in [0.1, 0.15) is 17.1 Å². The second kappa shape index (κ2) is 6.90. The fraction of sp³-hybridized carbons (Fsp3) is 0.588. The highest BCUT2D eigenvalue weighted by atomic mass is 16.6. The van der Waals surface area contributed by atoms with Crippen LogP contribution >= 0.6 is 0 Å². The van der Waals surface area contributed by atoms with Crippen molar-refractivity contribution < 1.29 is 19.0 Å². The van der Waals surface area contributed by atoms with Crippen LogP contribution in [0.15, 0.2) is 24.3 Å². The zero-order valence-electron chi connectivity index (χ0n) is 13.8. The zero-order chi connectivity index (χ0) is 16.2. The van der Waals surface area contributed by atoms with Crippen molar-refractivity contribution in [3.8, 4) is 11.5 Å². The van der Waals surface area contributed by atoms with Gasteiger partial charge in [-0.15, -0.1) is 0 Å². The number of methoxy groups -OCH3 is 1. The van der Waals surface area contributed by atoms with E-state index < -0.39 is 5.60 Å². The lowest BCUT2D eigenvalue weighted by atomic mass is 10.1. The van der Waals surface area contributed by atoms with Crippen molar-refractivity contribution in [2.45, 2.75) is 32.8 Å². The molecule has 1 fully saturated rings. The van der Waals surface area contributed by atoms with Crippen LogP contribution in [0.5, 0.6) is 11.5 Å². The molecule has 1 aromatic rings. The lowest BCUT2D eigenvalue weighted by Gasteiger charge is -2.24. The summed E-state index contributed by atoms with van der Waals surface area (Å²) < 4.78 is 16.3. The van der Waals surface area contributed by atoms with Gasteiger partial charge in [0, 0.05) is 19.0 Å². The molecule has 5 heteroatoms. The minimum absolute atomic E-state index is 0.237. The van der Waals surface area contributed by atoms with E-state index in [1.54, 1.807) is 12.0 Å². The molecule has 2 rings (SSSR count). The van der Waals surface area contributed by atoms with E-state index in [4.69, 9.17) is 14.2 Å². The Labute approximate surface area is 132 Å². The van der Waals surface area contributed by atoms with Gasteiger partial charge in [-0.2, -0.15) is 0 Å². The number of hydrogen-bond donors (Lipinski definition) is 0. The number of benzene rings is 1. The number of carbonyl (C=O) groups is 1. The molecule has 5 nitrogen and oxygen atoms in total. The molecule has 1 saturated heterocycles. The largest absolute Gasteiger partial charge is 0.497 e. The molecule has 1 atom stereocenters. The van der Waals surface area contributed by atoms with Gasteiger partial charge in [-0.1, -0.05) is 0 Å². The summed E-state index contributed by atoms with van der Waals surface area (Å²) in [4.78, 5) is 13.8. The van der Waals surface area contributed by atoms with E-state index in [0.29, 0.717) is 19.1 Å². The van der Waals surface area contributed by atoms with Gasteiger partial charge in [0.2, 0.25) is 0 Å². The van der Waals surface area contributed by atoms with E-state index in [1.807, 2.05) is 45.0 Å². The van der Waals surface area contributed by atoms with Crippen LogP contribution in [0, 0.1) is 5.92 Å². The topological polar surface area (TPSA) is 48.0 Å². The average Bonchev–Trinajstić information content (AvgIpc) is 2.93. The van der Waals surface area contributed by atoms with Gasteiger partial charge in [-0.3, -0.25) is 0 Å².